The first-order valence-corrected chi connectivity index (χ1v) is 5.40. The van der Waals surface area contributed by atoms with Gasteiger partial charge in [0.2, 0.25) is 0 Å². The van der Waals surface area contributed by atoms with Crippen molar-refractivity contribution >= 4 is 0 Å². The lowest BCUT2D eigenvalue weighted by Gasteiger charge is -1.97. The van der Waals surface area contributed by atoms with Gasteiger partial charge in [0, 0.05) is 24.3 Å². The number of hydrogen-bond acceptors (Lipinski definition) is 0. The summed E-state index contributed by atoms with van der Waals surface area (Å²) in [6.45, 7) is 4.24. The molecule has 0 aromatic carbocycles. The highest BCUT2D eigenvalue weighted by atomic mass is 15.2. The van der Waals surface area contributed by atoms with E-state index >= 15 is 0 Å². The number of rotatable bonds is 2. The number of pyridine rings is 2. The van der Waals surface area contributed by atoms with E-state index in [1.54, 1.807) is 0 Å². The summed E-state index contributed by atoms with van der Waals surface area (Å²) in [5, 5.41) is 0. The van der Waals surface area contributed by atoms with Crippen LogP contribution < -0.4 is 9.13 Å². The number of hydrogen-bond donors (Lipinski definition) is 0. The fourth-order valence-electron chi connectivity index (χ4n) is 1.73. The minimum atomic E-state index is 1.17. The first kappa shape index (κ1) is 10.6. The molecule has 2 heterocycles. The van der Waals surface area contributed by atoms with E-state index in [2.05, 4.69) is 47.8 Å². The van der Waals surface area contributed by atoms with E-state index in [0.717, 1.165) is 0 Å². The molecule has 0 unspecified atom stereocenters. The second kappa shape index (κ2) is 4.71. The monoisotopic (exact) mass is 212 g/mol. The summed E-state index contributed by atoms with van der Waals surface area (Å²) in [7, 11) is 0. The first-order chi connectivity index (χ1) is 7.79. The largest absolute Gasteiger partial charge is 0.452 e. The molecule has 0 saturated carbocycles. The van der Waals surface area contributed by atoms with E-state index in [1.165, 1.54) is 11.4 Å². The minimum Gasteiger partial charge on any atom is -0.111 e. The van der Waals surface area contributed by atoms with E-state index in [1.807, 2.05) is 36.4 Å². The minimum absolute atomic E-state index is 1.17. The van der Waals surface area contributed by atoms with Gasteiger partial charge in [-0.25, -0.2) is 0 Å². The smallest absolute Gasteiger partial charge is 0.111 e. The summed E-state index contributed by atoms with van der Waals surface area (Å²) in [6.07, 6.45) is 8.23. The van der Waals surface area contributed by atoms with E-state index in [9.17, 15) is 0 Å². The molecular formula is C14H16N2+2. The van der Waals surface area contributed by atoms with Crippen molar-refractivity contribution in [2.45, 2.75) is 13.8 Å². The van der Waals surface area contributed by atoms with Crippen molar-refractivity contribution in [2.24, 2.45) is 0 Å². The molecule has 0 fully saturated rings. The van der Waals surface area contributed by atoms with E-state index in [4.69, 9.17) is 0 Å². The van der Waals surface area contributed by atoms with E-state index in [0.29, 0.717) is 0 Å². The van der Waals surface area contributed by atoms with Crippen LogP contribution in [0.5, 0.6) is 0 Å². The lowest BCUT2D eigenvalue weighted by atomic mass is 10.3. The fraction of sp³-hybridized carbons (Fsp3) is 0.143. The van der Waals surface area contributed by atoms with Gasteiger partial charge in [-0.15, -0.1) is 9.13 Å². The first-order valence-electron chi connectivity index (χ1n) is 5.40. The van der Waals surface area contributed by atoms with Crippen LogP contribution in [0.15, 0.2) is 66.8 Å². The molecule has 2 heteroatoms. The van der Waals surface area contributed by atoms with Gasteiger partial charge in [-0.05, 0) is 13.8 Å². The molecule has 0 bridgehead atoms. The summed E-state index contributed by atoms with van der Waals surface area (Å²) < 4.78 is 4.24. The molecule has 2 nitrogen and oxygen atoms in total. The van der Waals surface area contributed by atoms with Crippen LogP contribution in [0.4, 0.5) is 0 Å². The van der Waals surface area contributed by atoms with Gasteiger partial charge < -0.3 is 0 Å². The van der Waals surface area contributed by atoms with Gasteiger partial charge in [-0.1, -0.05) is 12.1 Å². The van der Waals surface area contributed by atoms with Crippen molar-refractivity contribution in [3.05, 3.63) is 72.6 Å². The normalized spacial score (nSPS) is 9.88. The second-order valence-corrected chi connectivity index (χ2v) is 3.89. The second-order valence-electron chi connectivity index (χ2n) is 3.89. The summed E-state index contributed by atoms with van der Waals surface area (Å²) >= 11 is 0. The number of nitrogens with zero attached hydrogens (tertiary/aromatic N) is 2. The lowest BCUT2D eigenvalue weighted by Crippen LogP contribution is -2.53. The van der Waals surface area contributed by atoms with Gasteiger partial charge >= 0.3 is 5.82 Å². The van der Waals surface area contributed by atoms with Crippen molar-refractivity contribution in [2.75, 3.05) is 0 Å². The summed E-state index contributed by atoms with van der Waals surface area (Å²) in [4.78, 5) is 0. The number of allylic oxidation sites excluding steroid dienone is 1. The molecule has 2 aromatic heterocycles. The molecule has 2 aromatic rings. The van der Waals surface area contributed by atoms with Gasteiger partial charge in [0.15, 0.2) is 24.8 Å². The van der Waals surface area contributed by atoms with Crippen LogP contribution in [0, 0.1) is 5.82 Å². The molecule has 2 rings (SSSR count). The maximum atomic E-state index is 2.12. The Morgan fingerprint density at radius 3 is 1.31 bits per heavy atom. The zero-order valence-electron chi connectivity index (χ0n) is 9.67. The zero-order chi connectivity index (χ0) is 11.4. The molecule has 80 valence electrons. The molecule has 0 spiro atoms. The van der Waals surface area contributed by atoms with Crippen LogP contribution in [-0.4, -0.2) is 0 Å². The summed E-state index contributed by atoms with van der Waals surface area (Å²) in [6, 6.07) is 12.2. The van der Waals surface area contributed by atoms with Crippen LogP contribution in [0.3, 0.4) is 0 Å². The Labute approximate surface area is 96.1 Å². The molecule has 0 atom stereocenters. The van der Waals surface area contributed by atoms with Crippen LogP contribution in [0.25, 0.3) is 0 Å². The van der Waals surface area contributed by atoms with Gasteiger partial charge in [0.25, 0.3) is 0 Å². The Bertz CT molecular complexity index is 441. The summed E-state index contributed by atoms with van der Waals surface area (Å²) in [5.74, 6) is 1.17. The van der Waals surface area contributed by atoms with Crippen LogP contribution in [0.2, 0.25) is 0 Å². The molecule has 0 amide bonds. The molecule has 0 saturated heterocycles. The van der Waals surface area contributed by atoms with Gasteiger partial charge in [0.05, 0.1) is 5.57 Å². The maximum Gasteiger partial charge on any atom is 0.452 e. The zero-order valence-corrected chi connectivity index (χ0v) is 9.67. The van der Waals surface area contributed by atoms with Gasteiger partial charge in [0.1, 0.15) is 0 Å². The molecule has 0 aliphatic heterocycles. The Hall–Kier alpha value is -1.96. The molecular weight excluding hydrogens is 196 g/mol. The van der Waals surface area contributed by atoms with Crippen LogP contribution in [0.1, 0.15) is 13.8 Å². The lowest BCUT2D eigenvalue weighted by molar-refractivity contribution is -0.838. The fourth-order valence-corrected chi connectivity index (χ4v) is 1.73. The van der Waals surface area contributed by atoms with Gasteiger partial charge in [-0.2, -0.15) is 0 Å². The summed E-state index contributed by atoms with van der Waals surface area (Å²) in [5.41, 5.74) is 1.27. The third-order valence-electron chi connectivity index (χ3n) is 2.37. The molecule has 16 heavy (non-hydrogen) atoms. The molecule has 0 aliphatic carbocycles. The molecule has 0 aliphatic rings. The predicted molar refractivity (Wildman–Crippen MR) is 62.2 cm³/mol. The third-order valence-corrected chi connectivity index (χ3v) is 2.37. The van der Waals surface area contributed by atoms with Crippen LogP contribution in [-0.2, 0) is 0 Å². The average Bonchev–Trinajstić information content (AvgIpc) is 2.31. The van der Waals surface area contributed by atoms with E-state index in [-0.39, 0.29) is 0 Å². The SMILES string of the molecule is CC(C)=C([n+]1ccccc1)[n+]1ccccc1. The Kier molecular flexibility index (Phi) is 3.10. The Morgan fingerprint density at radius 2 is 1.00 bits per heavy atom. The highest BCUT2D eigenvalue weighted by molar-refractivity contribution is 4.91. The van der Waals surface area contributed by atoms with E-state index < -0.39 is 0 Å². The van der Waals surface area contributed by atoms with Crippen molar-refractivity contribution in [1.82, 2.24) is 0 Å². The van der Waals surface area contributed by atoms with Crippen LogP contribution >= 0.6 is 0 Å². The maximum absolute atomic E-state index is 2.12. The standard InChI is InChI=1S/C14H16N2/c1-13(2)14(15-9-5-3-6-10-15)16-11-7-4-8-12-16/h3-12H,1-2H3/q+2. The van der Waals surface area contributed by atoms with Crippen molar-refractivity contribution in [1.29, 1.82) is 0 Å². The highest BCUT2D eigenvalue weighted by Crippen LogP contribution is 1.94. The Morgan fingerprint density at radius 1 is 0.625 bits per heavy atom. The van der Waals surface area contributed by atoms with Crippen molar-refractivity contribution in [3.63, 3.8) is 0 Å². The molecule has 0 N–H and O–H groups in total. The molecule has 0 radical (unpaired) electrons. The van der Waals surface area contributed by atoms with Crippen molar-refractivity contribution in [3.8, 4) is 0 Å². The number of aromatic nitrogens is 2. The third kappa shape index (κ3) is 2.16. The predicted octanol–water partition coefficient (Wildman–Crippen LogP) is 1.84. The Balaban J connectivity index is 2.54. The van der Waals surface area contributed by atoms with Crippen molar-refractivity contribution < 1.29 is 9.13 Å². The van der Waals surface area contributed by atoms with Gasteiger partial charge in [-0.3, -0.25) is 0 Å². The quantitative estimate of drug-likeness (QED) is 0.671. The highest BCUT2D eigenvalue weighted by Gasteiger charge is 2.21. The topological polar surface area (TPSA) is 7.76 Å². The average molecular weight is 212 g/mol.